The number of carbonyl (C=O) groups is 1. The number of aryl methyl sites for hydroxylation is 1. The van der Waals surface area contributed by atoms with E-state index in [0.29, 0.717) is 18.5 Å². The molecule has 0 radical (unpaired) electrons. The first-order valence-electron chi connectivity index (χ1n) is 8.80. The third-order valence-corrected chi connectivity index (χ3v) is 6.62. The van der Waals surface area contributed by atoms with Crippen molar-refractivity contribution in [3.63, 3.8) is 0 Å². The second-order valence-corrected chi connectivity index (χ2v) is 8.48. The molecule has 0 aliphatic carbocycles. The standard InChI is InChI=1S/C17H21N5O5S/c1-11-14(16(24)21-17(25)20-11)28(26,27)22-8-4-5-12(10-22)15(23)19-9-13-6-2-3-7-18-13/h2-3,6-7,12H,4-5,8-10H2,1H3,(H,19,23)(H2,20,21,24,25)/t12-/m1/s1. The molecule has 10 nitrogen and oxygen atoms in total. The van der Waals surface area contributed by atoms with Crippen LogP contribution in [0, 0.1) is 12.8 Å². The first-order chi connectivity index (χ1) is 13.3. The maximum atomic E-state index is 12.9. The van der Waals surface area contributed by atoms with Crippen molar-refractivity contribution in [1.82, 2.24) is 24.6 Å². The third kappa shape index (κ3) is 4.20. The van der Waals surface area contributed by atoms with E-state index in [1.165, 1.54) is 6.92 Å². The highest BCUT2D eigenvalue weighted by atomic mass is 32.2. The van der Waals surface area contributed by atoms with Crippen LogP contribution >= 0.6 is 0 Å². The molecule has 1 amide bonds. The molecule has 0 unspecified atom stereocenters. The second-order valence-electron chi connectivity index (χ2n) is 6.60. The van der Waals surface area contributed by atoms with Crippen molar-refractivity contribution >= 4 is 15.9 Å². The highest BCUT2D eigenvalue weighted by Gasteiger charge is 2.35. The minimum absolute atomic E-state index is 0.0320. The molecule has 1 fully saturated rings. The highest BCUT2D eigenvalue weighted by molar-refractivity contribution is 7.89. The molecule has 3 rings (SSSR count). The number of amides is 1. The Hall–Kier alpha value is -2.79. The van der Waals surface area contributed by atoms with Gasteiger partial charge in [0, 0.05) is 25.0 Å². The zero-order valence-corrected chi connectivity index (χ0v) is 16.1. The van der Waals surface area contributed by atoms with E-state index in [0.717, 1.165) is 4.31 Å². The predicted octanol–water partition coefficient (Wildman–Crippen LogP) is -0.516. The number of carbonyl (C=O) groups excluding carboxylic acids is 1. The Morgan fingerprint density at radius 2 is 2.11 bits per heavy atom. The number of sulfonamides is 1. The summed E-state index contributed by atoms with van der Waals surface area (Å²) >= 11 is 0. The summed E-state index contributed by atoms with van der Waals surface area (Å²) < 4.78 is 27.0. The lowest BCUT2D eigenvalue weighted by Gasteiger charge is -2.31. The number of piperidine rings is 1. The number of aromatic nitrogens is 3. The predicted molar refractivity (Wildman–Crippen MR) is 100.0 cm³/mol. The molecule has 0 aromatic carbocycles. The van der Waals surface area contributed by atoms with Crippen molar-refractivity contribution in [2.24, 2.45) is 5.92 Å². The van der Waals surface area contributed by atoms with Crippen LogP contribution in [0.25, 0.3) is 0 Å². The summed E-state index contributed by atoms with van der Waals surface area (Å²) in [5, 5.41) is 2.77. The first kappa shape index (κ1) is 20.0. The third-order valence-electron chi connectivity index (χ3n) is 4.60. The smallest absolute Gasteiger partial charge is 0.325 e. The summed E-state index contributed by atoms with van der Waals surface area (Å²) in [6.45, 7) is 1.77. The Bertz CT molecular complexity index is 1080. The van der Waals surface area contributed by atoms with Crippen molar-refractivity contribution in [3.8, 4) is 0 Å². The van der Waals surface area contributed by atoms with Crippen molar-refractivity contribution in [3.05, 3.63) is 56.6 Å². The van der Waals surface area contributed by atoms with Crippen molar-refractivity contribution in [2.45, 2.75) is 31.2 Å². The van der Waals surface area contributed by atoms with Gasteiger partial charge in [-0.3, -0.25) is 19.6 Å². The van der Waals surface area contributed by atoms with Crippen LogP contribution in [0.5, 0.6) is 0 Å². The Kier molecular flexibility index (Phi) is 5.75. The molecular weight excluding hydrogens is 386 g/mol. The normalized spacial score (nSPS) is 18.0. The van der Waals surface area contributed by atoms with E-state index in [9.17, 15) is 22.8 Å². The van der Waals surface area contributed by atoms with Crippen molar-refractivity contribution < 1.29 is 13.2 Å². The molecule has 0 spiro atoms. The summed E-state index contributed by atoms with van der Waals surface area (Å²) in [4.78, 5) is 43.7. The molecule has 3 N–H and O–H groups in total. The molecular formula is C17H21N5O5S. The van der Waals surface area contributed by atoms with E-state index in [1.807, 2.05) is 11.1 Å². The second kappa shape index (κ2) is 8.07. The molecule has 0 saturated carbocycles. The van der Waals surface area contributed by atoms with Crippen molar-refractivity contribution in [1.29, 1.82) is 0 Å². The lowest BCUT2D eigenvalue weighted by atomic mass is 9.99. The lowest BCUT2D eigenvalue weighted by Crippen LogP contribution is -2.47. The van der Waals surface area contributed by atoms with Gasteiger partial charge in [0.15, 0.2) is 4.90 Å². The largest absolute Gasteiger partial charge is 0.350 e. The van der Waals surface area contributed by atoms with Gasteiger partial charge in [0.05, 0.1) is 18.2 Å². The molecule has 2 aromatic heterocycles. The van der Waals surface area contributed by atoms with Gasteiger partial charge in [-0.05, 0) is 31.9 Å². The molecule has 1 aliphatic rings. The quantitative estimate of drug-likeness (QED) is 0.608. The van der Waals surface area contributed by atoms with Crippen LogP contribution in [0.1, 0.15) is 24.2 Å². The van der Waals surface area contributed by atoms with Crippen LogP contribution in [0.15, 0.2) is 38.9 Å². The molecule has 11 heteroatoms. The fourth-order valence-corrected chi connectivity index (χ4v) is 4.95. The molecule has 2 aromatic rings. The van der Waals surface area contributed by atoms with Crippen molar-refractivity contribution in [2.75, 3.05) is 13.1 Å². The summed E-state index contributed by atoms with van der Waals surface area (Å²) in [6, 6.07) is 5.37. The average molecular weight is 407 g/mol. The summed E-state index contributed by atoms with van der Waals surface area (Å²) in [5.74, 6) is -0.799. The Morgan fingerprint density at radius 3 is 2.79 bits per heavy atom. The van der Waals surface area contributed by atoms with Crippen LogP contribution in [0.3, 0.4) is 0 Å². The summed E-state index contributed by atoms with van der Waals surface area (Å²) in [7, 11) is -4.15. The Balaban J connectivity index is 1.74. The molecule has 0 bridgehead atoms. The van der Waals surface area contributed by atoms with Crippen LogP contribution < -0.4 is 16.6 Å². The SMILES string of the molecule is Cc1[nH]c(=O)[nH]c(=O)c1S(=O)(=O)N1CCC[C@@H](C(=O)NCc2ccccn2)C1. The van der Waals surface area contributed by atoms with Gasteiger partial charge >= 0.3 is 5.69 Å². The summed E-state index contributed by atoms with van der Waals surface area (Å²) in [5.41, 5.74) is -1.07. The van der Waals surface area contributed by atoms with Gasteiger partial charge < -0.3 is 10.3 Å². The fourth-order valence-electron chi connectivity index (χ4n) is 3.23. The lowest BCUT2D eigenvalue weighted by molar-refractivity contribution is -0.126. The number of hydrogen-bond acceptors (Lipinski definition) is 6. The maximum Gasteiger partial charge on any atom is 0.325 e. The minimum atomic E-state index is -4.15. The monoisotopic (exact) mass is 407 g/mol. The first-order valence-corrected chi connectivity index (χ1v) is 10.2. The fraction of sp³-hybridized carbons (Fsp3) is 0.412. The minimum Gasteiger partial charge on any atom is -0.350 e. The molecule has 3 heterocycles. The number of nitrogens with one attached hydrogen (secondary N) is 3. The van der Waals surface area contributed by atoms with Gasteiger partial charge in [0.2, 0.25) is 15.9 Å². The van der Waals surface area contributed by atoms with E-state index in [4.69, 9.17) is 0 Å². The van der Waals surface area contributed by atoms with Gasteiger partial charge in [-0.2, -0.15) is 4.31 Å². The number of aromatic amines is 2. The average Bonchev–Trinajstić information content (AvgIpc) is 2.66. The highest BCUT2D eigenvalue weighted by Crippen LogP contribution is 2.23. The Morgan fingerprint density at radius 1 is 1.32 bits per heavy atom. The number of pyridine rings is 1. The molecule has 150 valence electrons. The van der Waals surface area contributed by atoms with E-state index >= 15 is 0 Å². The number of H-pyrrole nitrogens is 2. The Labute approximate surface area is 161 Å². The van der Waals surface area contributed by atoms with Gasteiger partial charge in [-0.25, -0.2) is 13.2 Å². The number of rotatable bonds is 5. The van der Waals surface area contributed by atoms with Crippen LogP contribution in [0.4, 0.5) is 0 Å². The molecule has 1 saturated heterocycles. The molecule has 1 atom stereocenters. The topological polar surface area (TPSA) is 145 Å². The van der Waals surface area contributed by atoms with Crippen LogP contribution in [-0.4, -0.2) is 46.7 Å². The van der Waals surface area contributed by atoms with E-state index in [-0.39, 0.29) is 31.2 Å². The van der Waals surface area contributed by atoms with Gasteiger partial charge in [-0.1, -0.05) is 6.07 Å². The van der Waals surface area contributed by atoms with E-state index in [2.05, 4.69) is 15.3 Å². The number of nitrogens with zero attached hydrogens (tertiary/aromatic N) is 2. The van der Waals surface area contributed by atoms with E-state index < -0.39 is 32.1 Å². The maximum absolute atomic E-state index is 12.9. The summed E-state index contributed by atoms with van der Waals surface area (Å²) in [6.07, 6.45) is 2.66. The number of hydrogen-bond donors (Lipinski definition) is 3. The zero-order valence-electron chi connectivity index (χ0n) is 15.3. The van der Waals surface area contributed by atoms with Crippen LogP contribution in [0.2, 0.25) is 0 Å². The zero-order chi connectivity index (χ0) is 20.3. The van der Waals surface area contributed by atoms with Gasteiger partial charge in [-0.15, -0.1) is 0 Å². The van der Waals surface area contributed by atoms with E-state index in [1.54, 1.807) is 18.3 Å². The molecule has 28 heavy (non-hydrogen) atoms. The molecule has 1 aliphatic heterocycles. The van der Waals surface area contributed by atoms with Gasteiger partial charge in [0.1, 0.15) is 0 Å². The van der Waals surface area contributed by atoms with Crippen LogP contribution in [-0.2, 0) is 21.4 Å². The van der Waals surface area contributed by atoms with Gasteiger partial charge in [0.25, 0.3) is 5.56 Å².